The summed E-state index contributed by atoms with van der Waals surface area (Å²) in [7, 11) is -4.06. The number of sulfonamides is 1. The van der Waals surface area contributed by atoms with Crippen LogP contribution in [0.3, 0.4) is 0 Å². The van der Waals surface area contributed by atoms with Gasteiger partial charge in [0.15, 0.2) is 0 Å². The van der Waals surface area contributed by atoms with Gasteiger partial charge in [0, 0.05) is 4.47 Å². The Morgan fingerprint density at radius 1 is 1.08 bits per heavy atom. The number of alkyl halides is 3. The molecule has 2 aromatic carbocycles. The Morgan fingerprint density at radius 2 is 1.71 bits per heavy atom. The highest BCUT2D eigenvalue weighted by molar-refractivity contribution is 9.10. The molecule has 0 aliphatic carbocycles. The van der Waals surface area contributed by atoms with Gasteiger partial charge in [-0.25, -0.2) is 8.42 Å². The molecular weight excluding hydrogens is 433 g/mol. The predicted octanol–water partition coefficient (Wildman–Crippen LogP) is 4.88. The van der Waals surface area contributed by atoms with Crippen LogP contribution in [0.5, 0.6) is 0 Å². The highest BCUT2D eigenvalue weighted by Gasteiger charge is 2.27. The molecule has 0 unspecified atom stereocenters. The third kappa shape index (κ3) is 5.02. The predicted molar refractivity (Wildman–Crippen MR) is 90.9 cm³/mol. The van der Waals surface area contributed by atoms with Crippen LogP contribution in [0.4, 0.5) is 24.5 Å². The summed E-state index contributed by atoms with van der Waals surface area (Å²) in [6.07, 6.45) is -4.43. The van der Waals surface area contributed by atoms with Crippen molar-refractivity contribution in [3.8, 4) is 0 Å². The van der Waals surface area contributed by atoms with Crippen molar-refractivity contribution in [2.24, 2.45) is 0 Å². The third-order valence-electron chi connectivity index (χ3n) is 2.83. The molecular formula is C14H11BrClF3N2O2S. The first-order chi connectivity index (χ1) is 11.1. The largest absolute Gasteiger partial charge is 0.405 e. The van der Waals surface area contributed by atoms with Gasteiger partial charge in [-0.2, -0.15) is 13.2 Å². The highest BCUT2D eigenvalue weighted by Crippen LogP contribution is 2.30. The van der Waals surface area contributed by atoms with Gasteiger partial charge >= 0.3 is 6.18 Å². The molecule has 0 aromatic heterocycles. The molecule has 4 nitrogen and oxygen atoms in total. The van der Waals surface area contributed by atoms with Gasteiger partial charge < -0.3 is 5.32 Å². The van der Waals surface area contributed by atoms with Gasteiger partial charge in [-0.15, -0.1) is 0 Å². The summed E-state index contributed by atoms with van der Waals surface area (Å²) < 4.78 is 64.7. The van der Waals surface area contributed by atoms with Gasteiger partial charge in [-0.3, -0.25) is 4.72 Å². The SMILES string of the molecule is O=S(=O)(Nc1ccccc1NCC(F)(F)F)c1ccc(Br)cc1Cl. The van der Waals surface area contributed by atoms with Crippen molar-refractivity contribution in [1.29, 1.82) is 0 Å². The number of rotatable bonds is 5. The first-order valence-corrected chi connectivity index (χ1v) is 9.11. The van der Waals surface area contributed by atoms with E-state index in [0.717, 1.165) is 0 Å². The first-order valence-electron chi connectivity index (χ1n) is 6.46. The first kappa shape index (κ1) is 18.9. The van der Waals surface area contributed by atoms with E-state index in [1.54, 1.807) is 0 Å². The van der Waals surface area contributed by atoms with Crippen LogP contribution in [-0.2, 0) is 10.0 Å². The molecule has 0 saturated carbocycles. The number of para-hydroxylation sites is 2. The maximum Gasteiger partial charge on any atom is 0.405 e. The smallest absolute Gasteiger partial charge is 0.375 e. The molecule has 2 N–H and O–H groups in total. The number of anilines is 2. The average Bonchev–Trinajstić information content (AvgIpc) is 2.44. The molecule has 0 amide bonds. The van der Waals surface area contributed by atoms with Crippen LogP contribution >= 0.6 is 27.5 Å². The van der Waals surface area contributed by atoms with Crippen LogP contribution in [0.1, 0.15) is 0 Å². The lowest BCUT2D eigenvalue weighted by Crippen LogP contribution is -2.22. The van der Waals surface area contributed by atoms with Crippen LogP contribution in [0, 0.1) is 0 Å². The monoisotopic (exact) mass is 442 g/mol. The van der Waals surface area contributed by atoms with Crippen LogP contribution in [0.2, 0.25) is 5.02 Å². The zero-order valence-electron chi connectivity index (χ0n) is 11.9. The molecule has 2 aromatic rings. The van der Waals surface area contributed by atoms with Crippen LogP contribution in [0.15, 0.2) is 51.8 Å². The van der Waals surface area contributed by atoms with Gasteiger partial charge in [0.2, 0.25) is 0 Å². The lowest BCUT2D eigenvalue weighted by Gasteiger charge is -2.15. The third-order valence-corrected chi connectivity index (χ3v) is 5.18. The van der Waals surface area contributed by atoms with E-state index in [2.05, 4.69) is 26.0 Å². The number of hydrogen-bond donors (Lipinski definition) is 2. The Labute approximate surface area is 150 Å². The molecule has 0 atom stereocenters. The van der Waals surface area contributed by atoms with E-state index >= 15 is 0 Å². The van der Waals surface area contributed by atoms with Crippen LogP contribution in [0.25, 0.3) is 0 Å². The minimum atomic E-state index is -4.43. The Bertz CT molecular complexity index is 844. The number of halogens is 5. The lowest BCUT2D eigenvalue weighted by atomic mass is 10.3. The zero-order chi connectivity index (χ0) is 18.0. The number of hydrogen-bond acceptors (Lipinski definition) is 3. The molecule has 0 heterocycles. The van der Waals surface area contributed by atoms with Gasteiger partial charge in [0.25, 0.3) is 10.0 Å². The lowest BCUT2D eigenvalue weighted by molar-refractivity contribution is -0.115. The zero-order valence-corrected chi connectivity index (χ0v) is 15.0. The highest BCUT2D eigenvalue weighted by atomic mass is 79.9. The summed E-state index contributed by atoms with van der Waals surface area (Å²) in [5.74, 6) is 0. The maximum atomic E-state index is 12.4. The standard InChI is InChI=1S/C14H11BrClF3N2O2S/c15-9-5-6-13(10(16)7-9)24(22,23)21-12-4-2-1-3-11(12)20-8-14(17,18)19/h1-7,20-21H,8H2. The van der Waals surface area contributed by atoms with Crippen molar-refractivity contribution in [2.75, 3.05) is 16.6 Å². The minimum Gasteiger partial charge on any atom is -0.375 e. The van der Waals surface area contributed by atoms with E-state index in [1.165, 1.54) is 42.5 Å². The van der Waals surface area contributed by atoms with Crippen molar-refractivity contribution < 1.29 is 21.6 Å². The quantitative estimate of drug-likeness (QED) is 0.693. The van der Waals surface area contributed by atoms with E-state index in [9.17, 15) is 21.6 Å². The fourth-order valence-corrected chi connectivity index (χ4v) is 3.93. The molecule has 10 heteroatoms. The summed E-state index contributed by atoms with van der Waals surface area (Å²) in [5.41, 5.74) is -0.00707. The minimum absolute atomic E-state index is 0.00614. The maximum absolute atomic E-state index is 12.4. The molecule has 0 aliphatic rings. The molecule has 0 fully saturated rings. The van der Waals surface area contributed by atoms with E-state index in [1.807, 2.05) is 0 Å². The van der Waals surface area contributed by atoms with Gasteiger partial charge in [0.1, 0.15) is 11.4 Å². The summed E-state index contributed by atoms with van der Waals surface area (Å²) >= 11 is 9.09. The molecule has 0 saturated heterocycles. The Kier molecular flexibility index (Phi) is 5.67. The van der Waals surface area contributed by atoms with E-state index < -0.39 is 22.7 Å². The van der Waals surface area contributed by atoms with Gasteiger partial charge in [-0.1, -0.05) is 39.7 Å². The number of benzene rings is 2. The number of nitrogens with one attached hydrogen (secondary N) is 2. The summed E-state index contributed by atoms with van der Waals surface area (Å²) in [6.45, 7) is -1.29. The van der Waals surface area contributed by atoms with Crippen molar-refractivity contribution in [1.82, 2.24) is 0 Å². The molecule has 2 rings (SSSR count). The molecule has 0 spiro atoms. The van der Waals surface area contributed by atoms with Crippen LogP contribution < -0.4 is 10.0 Å². The fourth-order valence-electron chi connectivity index (χ4n) is 1.81. The second kappa shape index (κ2) is 7.20. The van der Waals surface area contributed by atoms with Crippen molar-refractivity contribution in [3.63, 3.8) is 0 Å². The average molecular weight is 444 g/mol. The second-order valence-electron chi connectivity index (χ2n) is 4.69. The van der Waals surface area contributed by atoms with Crippen LogP contribution in [-0.4, -0.2) is 21.1 Å². The topological polar surface area (TPSA) is 58.2 Å². The Morgan fingerprint density at radius 3 is 2.29 bits per heavy atom. The summed E-state index contributed by atoms with van der Waals surface area (Å²) in [6, 6.07) is 9.87. The molecule has 0 radical (unpaired) electrons. The summed E-state index contributed by atoms with van der Waals surface area (Å²) in [4.78, 5) is -0.182. The van der Waals surface area contributed by atoms with Crippen molar-refractivity contribution in [2.45, 2.75) is 11.1 Å². The molecule has 24 heavy (non-hydrogen) atoms. The Balaban J connectivity index is 2.30. The Hall–Kier alpha value is -1.45. The normalized spacial score (nSPS) is 12.0. The molecule has 0 bridgehead atoms. The van der Waals surface area contributed by atoms with Crippen molar-refractivity contribution in [3.05, 3.63) is 52.0 Å². The fraction of sp³-hybridized carbons (Fsp3) is 0.143. The second-order valence-corrected chi connectivity index (χ2v) is 7.67. The van der Waals surface area contributed by atoms with Gasteiger partial charge in [0.05, 0.1) is 16.4 Å². The summed E-state index contributed by atoms with van der Waals surface area (Å²) in [5, 5.41) is 2.14. The van der Waals surface area contributed by atoms with Gasteiger partial charge in [-0.05, 0) is 30.3 Å². The van der Waals surface area contributed by atoms with E-state index in [-0.39, 0.29) is 21.3 Å². The van der Waals surface area contributed by atoms with Crippen molar-refractivity contribution >= 4 is 48.9 Å². The van der Waals surface area contributed by atoms with E-state index in [4.69, 9.17) is 11.6 Å². The van der Waals surface area contributed by atoms with E-state index in [0.29, 0.717) is 4.47 Å². The molecule has 0 aliphatic heterocycles. The molecule has 130 valence electrons.